The first-order chi connectivity index (χ1) is 15.6. The van der Waals surface area contributed by atoms with Gasteiger partial charge in [-0.3, -0.25) is 9.59 Å². The van der Waals surface area contributed by atoms with Crippen molar-refractivity contribution in [2.45, 2.75) is 38.5 Å². The molecule has 32 heavy (non-hydrogen) atoms. The van der Waals surface area contributed by atoms with Crippen LogP contribution in [-0.4, -0.2) is 45.7 Å². The highest BCUT2D eigenvalue weighted by Crippen LogP contribution is 2.29. The largest absolute Gasteiger partial charge is 0.493 e. The average Bonchev–Trinajstić information content (AvgIpc) is 3.11. The summed E-state index contributed by atoms with van der Waals surface area (Å²) >= 11 is 0. The van der Waals surface area contributed by atoms with Gasteiger partial charge < -0.3 is 25.0 Å². The molecule has 2 aromatic carbocycles. The fraction of sp³-hybridized carbons (Fsp3) is 0.440. The van der Waals surface area contributed by atoms with E-state index in [0.717, 1.165) is 25.9 Å². The van der Waals surface area contributed by atoms with Crippen LogP contribution in [0.15, 0.2) is 42.5 Å². The first-order valence-corrected chi connectivity index (χ1v) is 11.3. The van der Waals surface area contributed by atoms with Crippen LogP contribution in [0.4, 0.5) is 11.4 Å². The number of carbonyl (C=O) groups is 2. The Morgan fingerprint density at radius 2 is 1.56 bits per heavy atom. The predicted octanol–water partition coefficient (Wildman–Crippen LogP) is 3.77. The Hall–Kier alpha value is -3.22. The number of amides is 2. The zero-order valence-electron chi connectivity index (χ0n) is 19.0. The maximum absolute atomic E-state index is 12.1. The van der Waals surface area contributed by atoms with E-state index in [-0.39, 0.29) is 0 Å². The van der Waals surface area contributed by atoms with E-state index in [1.807, 2.05) is 0 Å². The van der Waals surface area contributed by atoms with Crippen LogP contribution in [0, 0.1) is 0 Å². The number of aryl methyl sites for hydroxylation is 1. The van der Waals surface area contributed by atoms with Crippen molar-refractivity contribution < 1.29 is 19.1 Å². The number of hydrogen-bond donors (Lipinski definition) is 2. The number of nitrogens with zero attached hydrogens (tertiary/aromatic N) is 1. The van der Waals surface area contributed by atoms with E-state index in [4.69, 9.17) is 9.47 Å². The Morgan fingerprint density at radius 1 is 0.875 bits per heavy atom. The number of ether oxygens (including phenoxy) is 2. The Morgan fingerprint density at radius 3 is 2.22 bits per heavy atom. The lowest BCUT2D eigenvalue weighted by Crippen LogP contribution is -2.36. The van der Waals surface area contributed by atoms with Gasteiger partial charge in [-0.1, -0.05) is 25.0 Å². The van der Waals surface area contributed by atoms with Gasteiger partial charge in [0, 0.05) is 37.1 Å². The summed E-state index contributed by atoms with van der Waals surface area (Å²) in [6.07, 6.45) is 6.79. The second-order valence-electron chi connectivity index (χ2n) is 7.95. The lowest BCUT2D eigenvalue weighted by Gasteiger charge is -2.22. The maximum atomic E-state index is 12.1. The standard InChI is InChI=1S/C25H33N3O4/c1-31-22-14-11-20(18-23(22)32-2)27-25(30)24(29)26-15-7-8-19-9-12-21(13-10-19)28-16-5-3-4-6-17-28/h9-14,18H,3-8,15-17H2,1-2H3,(H,26,29)(H,27,30). The Bertz CT molecular complexity index is 891. The highest BCUT2D eigenvalue weighted by Gasteiger charge is 2.14. The smallest absolute Gasteiger partial charge is 0.313 e. The van der Waals surface area contributed by atoms with Crippen molar-refractivity contribution in [3.05, 3.63) is 48.0 Å². The van der Waals surface area contributed by atoms with Crippen LogP contribution < -0.4 is 25.0 Å². The molecule has 1 saturated heterocycles. The van der Waals surface area contributed by atoms with Gasteiger partial charge in [-0.15, -0.1) is 0 Å². The second kappa shape index (κ2) is 12.0. The quantitative estimate of drug-likeness (QED) is 0.483. The van der Waals surface area contributed by atoms with Gasteiger partial charge >= 0.3 is 11.8 Å². The molecular weight excluding hydrogens is 406 g/mol. The molecule has 0 aliphatic carbocycles. The summed E-state index contributed by atoms with van der Waals surface area (Å²) in [5.41, 5.74) is 2.98. The van der Waals surface area contributed by atoms with E-state index in [2.05, 4.69) is 39.8 Å². The van der Waals surface area contributed by atoms with Gasteiger partial charge in [0.2, 0.25) is 0 Å². The lowest BCUT2D eigenvalue weighted by atomic mass is 10.1. The minimum Gasteiger partial charge on any atom is -0.493 e. The molecule has 0 spiro atoms. The maximum Gasteiger partial charge on any atom is 0.313 e. The number of rotatable bonds is 8. The average molecular weight is 440 g/mol. The first-order valence-electron chi connectivity index (χ1n) is 11.3. The first kappa shape index (κ1) is 23.4. The summed E-state index contributed by atoms with van der Waals surface area (Å²) in [6.45, 7) is 2.71. The van der Waals surface area contributed by atoms with Crippen molar-refractivity contribution in [3.8, 4) is 11.5 Å². The third-order valence-corrected chi connectivity index (χ3v) is 5.68. The monoisotopic (exact) mass is 439 g/mol. The summed E-state index contributed by atoms with van der Waals surface area (Å²) in [5.74, 6) is -0.336. The van der Waals surface area contributed by atoms with E-state index in [0.29, 0.717) is 23.7 Å². The second-order valence-corrected chi connectivity index (χ2v) is 7.95. The summed E-state index contributed by atoms with van der Waals surface area (Å²) < 4.78 is 10.4. The number of carbonyl (C=O) groups excluding carboxylic acids is 2. The SMILES string of the molecule is COc1ccc(NC(=O)C(=O)NCCCc2ccc(N3CCCCCC3)cc2)cc1OC. The van der Waals surface area contributed by atoms with Crippen molar-refractivity contribution in [1.29, 1.82) is 0 Å². The van der Waals surface area contributed by atoms with Crippen LogP contribution in [0.1, 0.15) is 37.7 Å². The fourth-order valence-corrected chi connectivity index (χ4v) is 3.88. The number of benzene rings is 2. The van der Waals surface area contributed by atoms with Crippen LogP contribution in [0.3, 0.4) is 0 Å². The van der Waals surface area contributed by atoms with Crippen LogP contribution in [0.5, 0.6) is 11.5 Å². The van der Waals surface area contributed by atoms with E-state index < -0.39 is 11.8 Å². The summed E-state index contributed by atoms with van der Waals surface area (Å²) in [6, 6.07) is 13.6. The number of anilines is 2. The van der Waals surface area contributed by atoms with Gasteiger partial charge in [0.15, 0.2) is 11.5 Å². The summed E-state index contributed by atoms with van der Waals surface area (Å²) in [7, 11) is 3.05. The molecule has 1 aliphatic rings. The molecule has 3 rings (SSSR count). The van der Waals surface area contributed by atoms with Gasteiger partial charge in [0.1, 0.15) is 0 Å². The molecule has 0 atom stereocenters. The van der Waals surface area contributed by atoms with Crippen molar-refractivity contribution in [2.24, 2.45) is 0 Å². The van der Waals surface area contributed by atoms with Crippen molar-refractivity contribution >= 4 is 23.2 Å². The van der Waals surface area contributed by atoms with Crippen LogP contribution in [-0.2, 0) is 16.0 Å². The van der Waals surface area contributed by atoms with E-state index in [1.165, 1.54) is 51.2 Å². The molecular formula is C25H33N3O4. The molecule has 1 aliphatic heterocycles. The zero-order valence-corrected chi connectivity index (χ0v) is 19.0. The van der Waals surface area contributed by atoms with E-state index in [9.17, 15) is 9.59 Å². The minimum absolute atomic E-state index is 0.437. The summed E-state index contributed by atoms with van der Waals surface area (Å²) in [4.78, 5) is 26.7. The molecule has 172 valence electrons. The van der Waals surface area contributed by atoms with E-state index in [1.54, 1.807) is 18.2 Å². The number of nitrogens with one attached hydrogen (secondary N) is 2. The molecule has 0 saturated carbocycles. The molecule has 0 radical (unpaired) electrons. The number of hydrogen-bond acceptors (Lipinski definition) is 5. The molecule has 0 unspecified atom stereocenters. The topological polar surface area (TPSA) is 79.9 Å². The molecule has 2 N–H and O–H groups in total. The third kappa shape index (κ3) is 6.64. The van der Waals surface area contributed by atoms with Crippen LogP contribution in [0.25, 0.3) is 0 Å². The molecule has 7 heteroatoms. The lowest BCUT2D eigenvalue weighted by molar-refractivity contribution is -0.136. The van der Waals surface area contributed by atoms with Gasteiger partial charge in [0.05, 0.1) is 14.2 Å². The van der Waals surface area contributed by atoms with Crippen molar-refractivity contribution in [1.82, 2.24) is 5.32 Å². The van der Waals surface area contributed by atoms with Crippen LogP contribution >= 0.6 is 0 Å². The highest BCUT2D eigenvalue weighted by atomic mass is 16.5. The normalized spacial score (nSPS) is 13.8. The summed E-state index contributed by atoms with van der Waals surface area (Å²) in [5, 5.41) is 5.26. The fourth-order valence-electron chi connectivity index (χ4n) is 3.88. The molecule has 1 fully saturated rings. The molecule has 0 aromatic heterocycles. The predicted molar refractivity (Wildman–Crippen MR) is 127 cm³/mol. The van der Waals surface area contributed by atoms with Crippen molar-refractivity contribution in [3.63, 3.8) is 0 Å². The Balaban J connectivity index is 1.40. The van der Waals surface area contributed by atoms with Gasteiger partial charge in [-0.05, 0) is 55.5 Å². The van der Waals surface area contributed by atoms with Crippen LogP contribution in [0.2, 0.25) is 0 Å². The van der Waals surface area contributed by atoms with E-state index >= 15 is 0 Å². The number of methoxy groups -OCH3 is 2. The molecule has 2 aromatic rings. The van der Waals surface area contributed by atoms with Crippen molar-refractivity contribution in [2.75, 3.05) is 44.1 Å². The molecule has 1 heterocycles. The van der Waals surface area contributed by atoms with Gasteiger partial charge in [-0.25, -0.2) is 0 Å². The molecule has 2 amide bonds. The molecule has 7 nitrogen and oxygen atoms in total. The third-order valence-electron chi connectivity index (χ3n) is 5.68. The Labute approximate surface area is 190 Å². The molecule has 0 bridgehead atoms. The zero-order chi connectivity index (χ0) is 22.8. The highest BCUT2D eigenvalue weighted by molar-refractivity contribution is 6.39. The Kier molecular flexibility index (Phi) is 8.78. The minimum atomic E-state index is -0.709. The van der Waals surface area contributed by atoms with Gasteiger partial charge in [-0.2, -0.15) is 0 Å². The van der Waals surface area contributed by atoms with Gasteiger partial charge in [0.25, 0.3) is 0 Å².